The summed E-state index contributed by atoms with van der Waals surface area (Å²) in [5, 5.41) is 20.8. The van der Waals surface area contributed by atoms with E-state index in [1.807, 2.05) is 49.7 Å². The second kappa shape index (κ2) is 9.05. The fourth-order valence-electron chi connectivity index (χ4n) is 5.41. The minimum Gasteiger partial charge on any atom is -0.393 e. The van der Waals surface area contributed by atoms with Crippen LogP contribution in [0.3, 0.4) is 0 Å². The molecular weight excluding hydrogens is 426 g/mol. The number of hydrogen-bond donors (Lipinski definition) is 2. The average molecular weight is 454 g/mol. The summed E-state index contributed by atoms with van der Waals surface area (Å²) in [7, 11) is 1.82. The molecule has 1 saturated heterocycles. The Bertz CT molecular complexity index is 1260. The van der Waals surface area contributed by atoms with Crippen LogP contribution in [0.5, 0.6) is 0 Å². The lowest BCUT2D eigenvalue weighted by atomic mass is 9.32. The maximum atomic E-state index is 13.1. The van der Waals surface area contributed by atoms with Crippen LogP contribution >= 0.6 is 0 Å². The molecule has 0 radical (unpaired) electrons. The van der Waals surface area contributed by atoms with Crippen molar-refractivity contribution in [3.63, 3.8) is 0 Å². The number of fused-ring (bicyclic) bond motifs is 1. The van der Waals surface area contributed by atoms with E-state index in [0.29, 0.717) is 12.1 Å². The van der Waals surface area contributed by atoms with Gasteiger partial charge in [-0.25, -0.2) is 15.2 Å². The first-order valence-corrected chi connectivity index (χ1v) is 11.9. The summed E-state index contributed by atoms with van der Waals surface area (Å²) >= 11 is 0. The lowest BCUT2D eigenvalue weighted by Crippen LogP contribution is -2.30. The zero-order valence-electron chi connectivity index (χ0n) is 19.4. The van der Waals surface area contributed by atoms with Crippen molar-refractivity contribution in [3.05, 3.63) is 60.0 Å². The van der Waals surface area contributed by atoms with Gasteiger partial charge in [-0.3, -0.25) is 4.39 Å². The van der Waals surface area contributed by atoms with Gasteiger partial charge in [0, 0.05) is 43.5 Å². The van der Waals surface area contributed by atoms with Crippen LogP contribution in [0.2, 0.25) is 11.1 Å². The second-order valence-electron chi connectivity index (χ2n) is 9.54. The number of anilines is 1. The number of allylic oxidation sites excluding steroid dienone is 5. The first kappa shape index (κ1) is 22.3. The zero-order valence-corrected chi connectivity index (χ0v) is 19.4. The lowest BCUT2D eigenvalue weighted by Gasteiger charge is -2.23. The van der Waals surface area contributed by atoms with Crippen LogP contribution < -0.4 is 10.2 Å². The summed E-state index contributed by atoms with van der Waals surface area (Å²) < 4.78 is 13.1. The summed E-state index contributed by atoms with van der Waals surface area (Å²) in [6, 6.07) is 7.96. The first-order valence-electron chi connectivity index (χ1n) is 11.9. The molecule has 3 aliphatic rings. The highest BCUT2D eigenvalue weighted by atomic mass is 19.1. The number of halogens is 1. The van der Waals surface area contributed by atoms with E-state index < -0.39 is 0 Å². The zero-order chi connectivity index (χ0) is 23.7. The molecule has 1 aliphatic heterocycles. The molecule has 0 amide bonds. The summed E-state index contributed by atoms with van der Waals surface area (Å²) in [5.41, 5.74) is 4.72. The smallest absolute Gasteiger partial charge is 0.279 e. The van der Waals surface area contributed by atoms with Crippen molar-refractivity contribution in [2.75, 3.05) is 31.7 Å². The molecule has 5 rings (SSSR count). The highest BCUT2D eigenvalue weighted by molar-refractivity contribution is 6.72. The largest absolute Gasteiger partial charge is 0.393 e. The van der Waals surface area contributed by atoms with Gasteiger partial charge in [0.2, 0.25) is 0 Å². The monoisotopic (exact) mass is 454 g/mol. The fourth-order valence-corrected chi connectivity index (χ4v) is 5.41. The van der Waals surface area contributed by atoms with Crippen LogP contribution in [0.4, 0.5) is 10.2 Å². The predicted molar refractivity (Wildman–Crippen MR) is 136 cm³/mol. The SMILES string of the molecule is CN/C=C1/C=C(c2ccc3nc(N4CCC(B(C#N)C5(CCF)CC5)C4)ccc3n2)C=CC1=N. The van der Waals surface area contributed by atoms with Crippen LogP contribution in [-0.4, -0.2) is 49.2 Å². The van der Waals surface area contributed by atoms with E-state index in [1.54, 1.807) is 6.08 Å². The lowest BCUT2D eigenvalue weighted by molar-refractivity contribution is 0.455. The van der Waals surface area contributed by atoms with Crippen molar-refractivity contribution in [3.8, 4) is 5.97 Å². The minimum absolute atomic E-state index is 0.0712. The van der Waals surface area contributed by atoms with Gasteiger partial charge in [-0.15, -0.1) is 0 Å². The molecule has 1 saturated carbocycles. The van der Waals surface area contributed by atoms with Crippen molar-refractivity contribution in [1.82, 2.24) is 15.3 Å². The molecule has 1 unspecified atom stereocenters. The minimum atomic E-state index is -0.335. The van der Waals surface area contributed by atoms with Crippen molar-refractivity contribution in [2.24, 2.45) is 0 Å². The van der Waals surface area contributed by atoms with Gasteiger partial charge >= 0.3 is 0 Å². The number of nitriles is 1. The number of rotatable bonds is 7. The Balaban J connectivity index is 1.34. The number of hydrogen-bond acceptors (Lipinski definition) is 6. The van der Waals surface area contributed by atoms with E-state index >= 15 is 0 Å². The van der Waals surface area contributed by atoms with Crippen LogP contribution in [-0.2, 0) is 0 Å². The van der Waals surface area contributed by atoms with E-state index in [1.165, 1.54) is 0 Å². The molecule has 2 fully saturated rings. The molecule has 2 aromatic rings. The van der Waals surface area contributed by atoms with Gasteiger partial charge in [0.1, 0.15) is 5.82 Å². The fraction of sp³-hybridized carbons (Fsp3) is 0.385. The third-order valence-electron chi connectivity index (χ3n) is 7.48. The molecule has 8 heteroatoms. The summed E-state index contributed by atoms with van der Waals surface area (Å²) in [4.78, 5) is 11.9. The third-order valence-corrected chi connectivity index (χ3v) is 7.48. The van der Waals surface area contributed by atoms with Crippen molar-refractivity contribution < 1.29 is 4.39 Å². The van der Waals surface area contributed by atoms with Crippen LogP contribution in [0.15, 0.2) is 54.3 Å². The Hall–Kier alpha value is -3.47. The number of alkyl halides is 1. The molecule has 0 spiro atoms. The van der Waals surface area contributed by atoms with Gasteiger partial charge in [-0.1, -0.05) is 18.9 Å². The number of aromatic nitrogens is 2. The highest BCUT2D eigenvalue weighted by Crippen LogP contribution is 2.61. The second-order valence-corrected chi connectivity index (χ2v) is 9.54. The summed E-state index contributed by atoms with van der Waals surface area (Å²) in [6.07, 6.45) is 10.9. The number of nitrogens with zero attached hydrogens (tertiary/aromatic N) is 4. The van der Waals surface area contributed by atoms with Crippen LogP contribution in [0.1, 0.15) is 31.4 Å². The maximum Gasteiger partial charge on any atom is 0.279 e. The topological polar surface area (TPSA) is 88.7 Å². The maximum absolute atomic E-state index is 13.1. The third kappa shape index (κ3) is 4.11. The molecule has 2 N–H and O–H groups in total. The van der Waals surface area contributed by atoms with Gasteiger partial charge in [-0.2, -0.15) is 0 Å². The van der Waals surface area contributed by atoms with Gasteiger partial charge < -0.3 is 15.6 Å². The van der Waals surface area contributed by atoms with Crippen LogP contribution in [0, 0.1) is 16.6 Å². The van der Waals surface area contributed by atoms with Gasteiger partial charge in [-0.05, 0) is 60.4 Å². The van der Waals surface area contributed by atoms with Gasteiger partial charge in [0.05, 0.1) is 29.1 Å². The van der Waals surface area contributed by atoms with Crippen LogP contribution in [0.25, 0.3) is 16.6 Å². The Morgan fingerprint density at radius 2 is 2.06 bits per heavy atom. The molecule has 3 heterocycles. The molecule has 6 nitrogen and oxygen atoms in total. The molecule has 2 aliphatic carbocycles. The molecule has 2 aromatic heterocycles. The van der Waals surface area contributed by atoms with E-state index in [9.17, 15) is 9.65 Å². The first-order chi connectivity index (χ1) is 16.6. The molecule has 1 atom stereocenters. The van der Waals surface area contributed by atoms with Crippen molar-refractivity contribution >= 4 is 34.8 Å². The van der Waals surface area contributed by atoms with E-state index in [0.717, 1.165) is 66.0 Å². The van der Waals surface area contributed by atoms with Gasteiger partial charge in [0.15, 0.2) is 0 Å². The summed E-state index contributed by atoms with van der Waals surface area (Å²) in [6.45, 7) is 1.25. The van der Waals surface area contributed by atoms with E-state index in [-0.39, 0.29) is 24.5 Å². The Labute approximate surface area is 199 Å². The predicted octanol–water partition coefficient (Wildman–Crippen LogP) is 4.74. The molecule has 0 bridgehead atoms. The number of nitrogens with one attached hydrogen (secondary N) is 2. The highest BCUT2D eigenvalue weighted by Gasteiger charge is 2.55. The Morgan fingerprint density at radius 1 is 1.26 bits per heavy atom. The average Bonchev–Trinajstić information content (AvgIpc) is 3.46. The summed E-state index contributed by atoms with van der Waals surface area (Å²) in [5.74, 6) is 3.70. The Morgan fingerprint density at radius 3 is 2.79 bits per heavy atom. The van der Waals surface area contributed by atoms with Gasteiger partial charge in [0.25, 0.3) is 6.71 Å². The normalized spacial score (nSPS) is 22.1. The van der Waals surface area contributed by atoms with Crippen molar-refractivity contribution in [1.29, 1.82) is 10.7 Å². The molecule has 0 aromatic carbocycles. The number of pyridine rings is 2. The van der Waals surface area contributed by atoms with E-state index in [2.05, 4.69) is 16.2 Å². The molecular formula is C26H28BFN6. The quantitative estimate of drug-likeness (QED) is 0.591. The standard InChI is InChI=1S/C26H28BFN6/c1-31-15-19-14-18(2-3-21(19)30)22-4-5-24-23(32-22)6-7-25(33-24)34-13-8-20(16-34)27(17-29)26(9-10-26)11-12-28/h2-7,14-15,20,30-31H,8-13,16H2,1H3/b19-15-,30-21?. The Kier molecular flexibility index (Phi) is 5.95. The van der Waals surface area contributed by atoms with E-state index in [4.69, 9.17) is 15.4 Å². The van der Waals surface area contributed by atoms with Crippen molar-refractivity contribution in [2.45, 2.75) is 36.8 Å². The molecule has 34 heavy (non-hydrogen) atoms. The molecule has 172 valence electrons.